The predicted octanol–water partition coefficient (Wildman–Crippen LogP) is 1.69. The zero-order chi connectivity index (χ0) is 21.6. The number of pyridine rings is 1. The van der Waals surface area contributed by atoms with Crippen molar-refractivity contribution in [3.8, 4) is 0 Å². The minimum atomic E-state index is -4.51. The lowest BCUT2D eigenvalue weighted by atomic mass is 10.0. The number of hydrogen-bond acceptors (Lipinski definition) is 5. The first-order chi connectivity index (χ1) is 14.2. The van der Waals surface area contributed by atoms with Crippen LogP contribution in [0.2, 0.25) is 0 Å². The number of carbonyl (C=O) groups is 1. The first-order valence-corrected chi connectivity index (χ1v) is 10.3. The van der Waals surface area contributed by atoms with Crippen LogP contribution in [-0.4, -0.2) is 41.7 Å². The van der Waals surface area contributed by atoms with Gasteiger partial charge in [-0.2, -0.15) is 5.10 Å². The maximum absolute atomic E-state index is 15.0. The predicted molar refractivity (Wildman–Crippen MR) is 99.3 cm³/mol. The number of nitrogens with two attached hydrogens (primary N) is 1. The van der Waals surface area contributed by atoms with E-state index in [1.54, 1.807) is 6.07 Å². The van der Waals surface area contributed by atoms with E-state index in [2.05, 4.69) is 9.93 Å². The molecule has 0 unspecified atom stereocenters. The summed E-state index contributed by atoms with van der Waals surface area (Å²) in [5.41, 5.74) is 4.89. The van der Waals surface area contributed by atoms with E-state index in [-0.39, 0.29) is 18.5 Å². The highest BCUT2D eigenvalue weighted by Gasteiger charge is 2.37. The van der Waals surface area contributed by atoms with Crippen LogP contribution in [0.1, 0.15) is 28.4 Å². The van der Waals surface area contributed by atoms with Crippen LogP contribution in [-0.2, 0) is 10.0 Å². The Bertz CT molecular complexity index is 1250. The molecule has 158 valence electrons. The molecule has 0 bridgehead atoms. The molecule has 1 aromatic carbocycles. The van der Waals surface area contributed by atoms with E-state index < -0.39 is 50.2 Å². The number of rotatable bonds is 5. The van der Waals surface area contributed by atoms with E-state index in [1.807, 2.05) is 0 Å². The van der Waals surface area contributed by atoms with E-state index in [0.29, 0.717) is 5.56 Å². The van der Waals surface area contributed by atoms with E-state index in [9.17, 15) is 22.0 Å². The van der Waals surface area contributed by atoms with E-state index in [0.717, 1.165) is 28.0 Å². The monoisotopic (exact) mass is 439 g/mol. The Balaban J connectivity index is 1.71. The fraction of sp³-hybridized carbons (Fsp3) is 0.222. The maximum atomic E-state index is 15.0. The third-order valence-corrected chi connectivity index (χ3v) is 6.23. The molecule has 1 amide bonds. The lowest BCUT2D eigenvalue weighted by Crippen LogP contribution is -2.42. The Hall–Kier alpha value is -2.96. The third kappa shape index (κ3) is 3.53. The fourth-order valence-corrected chi connectivity index (χ4v) is 4.71. The van der Waals surface area contributed by atoms with Gasteiger partial charge in [-0.25, -0.2) is 31.1 Å². The van der Waals surface area contributed by atoms with Crippen molar-refractivity contribution in [2.24, 2.45) is 5.73 Å². The number of alkyl halides is 1. The molecule has 1 aliphatic rings. The molecular weight excluding hydrogens is 423 g/mol. The molecule has 2 atom stereocenters. The van der Waals surface area contributed by atoms with Crippen molar-refractivity contribution in [1.82, 2.24) is 19.5 Å². The second kappa shape index (κ2) is 7.38. The molecule has 30 heavy (non-hydrogen) atoms. The van der Waals surface area contributed by atoms with Gasteiger partial charge >= 0.3 is 0 Å². The highest BCUT2D eigenvalue weighted by atomic mass is 32.2. The molecule has 1 aliphatic heterocycles. The summed E-state index contributed by atoms with van der Waals surface area (Å²) in [5, 5.41) is 4.85. The average Bonchev–Trinajstić information content (AvgIpc) is 3.25. The maximum Gasteiger partial charge on any atom is 0.256 e. The van der Waals surface area contributed by atoms with Crippen molar-refractivity contribution < 1.29 is 26.4 Å². The number of benzene rings is 1. The molecule has 0 radical (unpaired) electrons. The second-order valence-corrected chi connectivity index (χ2v) is 8.49. The van der Waals surface area contributed by atoms with Crippen LogP contribution >= 0.6 is 0 Å². The van der Waals surface area contributed by atoms with Gasteiger partial charge in [0.2, 0.25) is 0 Å². The van der Waals surface area contributed by atoms with E-state index in [4.69, 9.17) is 5.73 Å². The van der Waals surface area contributed by atoms with Crippen LogP contribution in [0.4, 0.5) is 13.2 Å². The Labute approximate surface area is 169 Å². The average molecular weight is 439 g/mol. The van der Waals surface area contributed by atoms with Gasteiger partial charge in [-0.3, -0.25) is 4.79 Å². The molecule has 0 spiro atoms. The van der Waals surface area contributed by atoms with Crippen LogP contribution in [0.15, 0.2) is 47.6 Å². The number of hydrazine groups is 1. The van der Waals surface area contributed by atoms with Crippen molar-refractivity contribution >= 4 is 21.4 Å². The highest BCUT2D eigenvalue weighted by Crippen LogP contribution is 2.33. The Morgan fingerprint density at radius 2 is 2.03 bits per heavy atom. The summed E-state index contributed by atoms with van der Waals surface area (Å²) in [4.78, 5) is 12.9. The number of sulfonamides is 1. The topological polar surface area (TPSA) is 110 Å². The normalized spacial score (nSPS) is 20.1. The molecule has 0 aliphatic carbocycles. The second-order valence-electron chi connectivity index (χ2n) is 6.86. The van der Waals surface area contributed by atoms with Gasteiger partial charge in [-0.1, -0.05) is 12.1 Å². The minimum Gasteiger partial charge on any atom is -0.365 e. The lowest BCUT2D eigenvalue weighted by molar-refractivity contribution is 0.100. The number of amides is 1. The molecule has 0 saturated carbocycles. The Morgan fingerprint density at radius 3 is 2.73 bits per heavy atom. The molecule has 1 saturated heterocycles. The van der Waals surface area contributed by atoms with Crippen molar-refractivity contribution in [2.45, 2.75) is 23.5 Å². The van der Waals surface area contributed by atoms with Crippen molar-refractivity contribution in [2.75, 3.05) is 6.54 Å². The summed E-state index contributed by atoms with van der Waals surface area (Å²) in [6.45, 7) is -0.302. The van der Waals surface area contributed by atoms with Gasteiger partial charge in [0, 0.05) is 19.2 Å². The zero-order valence-corrected chi connectivity index (χ0v) is 16.1. The fourth-order valence-electron chi connectivity index (χ4n) is 3.53. The Kier molecular flexibility index (Phi) is 5.00. The Morgan fingerprint density at radius 1 is 1.27 bits per heavy atom. The van der Waals surface area contributed by atoms with Crippen LogP contribution in [0, 0.1) is 11.6 Å². The van der Waals surface area contributed by atoms with Gasteiger partial charge in [-0.05, 0) is 23.8 Å². The summed E-state index contributed by atoms with van der Waals surface area (Å²) < 4.78 is 69.4. The summed E-state index contributed by atoms with van der Waals surface area (Å²) in [5.74, 6) is -2.75. The number of aromatic nitrogens is 2. The summed E-state index contributed by atoms with van der Waals surface area (Å²) in [6.07, 6.45) is 0.746. The van der Waals surface area contributed by atoms with Crippen molar-refractivity contribution in [3.63, 3.8) is 0 Å². The number of nitrogens with one attached hydrogen (secondary N) is 1. The van der Waals surface area contributed by atoms with Crippen molar-refractivity contribution in [3.05, 3.63) is 65.5 Å². The molecule has 8 nitrogen and oxygen atoms in total. The lowest BCUT2D eigenvalue weighted by Gasteiger charge is -2.25. The summed E-state index contributed by atoms with van der Waals surface area (Å²) in [6, 6.07) is 5.55. The van der Waals surface area contributed by atoms with Gasteiger partial charge in [0.05, 0.1) is 17.8 Å². The van der Waals surface area contributed by atoms with Gasteiger partial charge in [0.1, 0.15) is 22.4 Å². The van der Waals surface area contributed by atoms with Gasteiger partial charge in [0.15, 0.2) is 5.82 Å². The van der Waals surface area contributed by atoms with Crippen LogP contribution in [0.25, 0.3) is 5.52 Å². The highest BCUT2D eigenvalue weighted by molar-refractivity contribution is 7.89. The van der Waals surface area contributed by atoms with Crippen LogP contribution in [0.5, 0.6) is 0 Å². The zero-order valence-electron chi connectivity index (χ0n) is 15.3. The number of hydrogen-bond donors (Lipinski definition) is 2. The standard InChI is InChI=1S/C18H16F3N5O3S/c19-11-3-1-2-10(6-11)14-7-12(20)9-26(14)24-30(28,29)15-4-5-25-17(16(15)21)13(8-23-25)18(22)27/h1-6,8,12,14,24H,7,9H2,(H2,22,27)/t12-,14+/m0/s1. The smallest absolute Gasteiger partial charge is 0.256 e. The molecule has 12 heteroatoms. The molecule has 3 aromatic rings. The molecule has 4 rings (SSSR count). The van der Waals surface area contributed by atoms with Gasteiger partial charge < -0.3 is 5.73 Å². The minimum absolute atomic E-state index is 0.0675. The van der Waals surface area contributed by atoms with Crippen LogP contribution < -0.4 is 10.6 Å². The summed E-state index contributed by atoms with van der Waals surface area (Å²) in [7, 11) is -4.51. The first-order valence-electron chi connectivity index (χ1n) is 8.81. The number of carbonyl (C=O) groups excluding carboxylic acids is 1. The first kappa shape index (κ1) is 20.3. The molecule has 2 aromatic heterocycles. The van der Waals surface area contributed by atoms with E-state index in [1.165, 1.54) is 18.2 Å². The number of nitrogens with zero attached hydrogens (tertiary/aromatic N) is 3. The van der Waals surface area contributed by atoms with E-state index >= 15 is 4.39 Å². The van der Waals surface area contributed by atoms with Gasteiger partial charge in [-0.15, -0.1) is 4.83 Å². The largest absolute Gasteiger partial charge is 0.365 e. The quantitative estimate of drug-likeness (QED) is 0.629. The molecule has 3 heterocycles. The molecule has 3 N–H and O–H groups in total. The number of fused-ring (bicyclic) bond motifs is 1. The SMILES string of the molecule is NC(=O)c1cnn2ccc(S(=O)(=O)NN3C[C@@H](F)C[C@@H]3c3cccc(F)c3)c(F)c12. The number of halogens is 3. The van der Waals surface area contributed by atoms with Crippen molar-refractivity contribution in [1.29, 1.82) is 0 Å². The molecular formula is C18H16F3N5O3S. The summed E-state index contributed by atoms with van der Waals surface area (Å²) >= 11 is 0. The van der Waals surface area contributed by atoms with Crippen LogP contribution in [0.3, 0.4) is 0 Å². The van der Waals surface area contributed by atoms with Gasteiger partial charge in [0.25, 0.3) is 15.9 Å². The number of primary amides is 1. The molecule has 1 fully saturated rings. The third-order valence-electron chi connectivity index (χ3n) is 4.86.